The molecule has 0 bridgehead atoms. The SMILES string of the molecule is COc1ccc(S(=O)(=O)N[C@@H](C)C(=O)OCC(=O)N2CCc3sccc3C2)cc1. The number of benzene rings is 1. The number of ether oxygens (including phenoxy) is 2. The number of carbonyl (C=O) groups excluding carboxylic acids is 2. The van der Waals surface area contributed by atoms with E-state index in [1.807, 2.05) is 11.4 Å². The molecule has 0 fully saturated rings. The van der Waals surface area contributed by atoms with Gasteiger partial charge in [0.2, 0.25) is 10.0 Å². The lowest BCUT2D eigenvalue weighted by molar-refractivity contribution is -0.153. The van der Waals surface area contributed by atoms with Crippen LogP contribution >= 0.6 is 11.3 Å². The number of carbonyl (C=O) groups is 2. The average molecular weight is 439 g/mol. The number of esters is 1. The second kappa shape index (κ2) is 8.93. The minimum Gasteiger partial charge on any atom is -0.497 e. The van der Waals surface area contributed by atoms with Gasteiger partial charge in [-0.05, 0) is 54.6 Å². The second-order valence-corrected chi connectivity index (χ2v) is 9.28. The Labute approximate surface area is 173 Å². The zero-order valence-electron chi connectivity index (χ0n) is 16.1. The minimum absolute atomic E-state index is 0.00564. The fourth-order valence-corrected chi connectivity index (χ4v) is 5.00. The van der Waals surface area contributed by atoms with Crippen molar-refractivity contribution in [2.24, 2.45) is 0 Å². The molecular weight excluding hydrogens is 416 g/mol. The quantitative estimate of drug-likeness (QED) is 0.658. The molecule has 29 heavy (non-hydrogen) atoms. The van der Waals surface area contributed by atoms with Crippen LogP contribution in [0.15, 0.2) is 40.6 Å². The number of hydrogen-bond acceptors (Lipinski definition) is 7. The van der Waals surface area contributed by atoms with Gasteiger partial charge >= 0.3 is 5.97 Å². The van der Waals surface area contributed by atoms with Crippen molar-refractivity contribution in [3.05, 3.63) is 46.2 Å². The van der Waals surface area contributed by atoms with Gasteiger partial charge in [0.15, 0.2) is 6.61 Å². The molecule has 1 aliphatic heterocycles. The molecule has 0 saturated carbocycles. The monoisotopic (exact) mass is 438 g/mol. The molecule has 0 spiro atoms. The Morgan fingerprint density at radius 1 is 1.24 bits per heavy atom. The lowest BCUT2D eigenvalue weighted by Gasteiger charge is -2.27. The maximum Gasteiger partial charge on any atom is 0.324 e. The molecule has 0 radical (unpaired) electrons. The molecule has 156 valence electrons. The predicted molar refractivity (Wildman–Crippen MR) is 107 cm³/mol. The summed E-state index contributed by atoms with van der Waals surface area (Å²) in [5.74, 6) is -0.605. The van der Waals surface area contributed by atoms with Crippen LogP contribution in [-0.2, 0) is 37.3 Å². The number of methoxy groups -OCH3 is 1. The molecule has 1 aromatic heterocycles. The van der Waals surface area contributed by atoms with Crippen LogP contribution in [0.3, 0.4) is 0 Å². The molecule has 1 amide bonds. The molecule has 1 aromatic carbocycles. The number of hydrogen-bond donors (Lipinski definition) is 1. The topological polar surface area (TPSA) is 102 Å². The summed E-state index contributed by atoms with van der Waals surface area (Å²) in [6, 6.07) is 6.61. The zero-order chi connectivity index (χ0) is 21.0. The van der Waals surface area contributed by atoms with Crippen LogP contribution < -0.4 is 9.46 Å². The van der Waals surface area contributed by atoms with E-state index in [-0.39, 0.29) is 10.8 Å². The van der Waals surface area contributed by atoms with Gasteiger partial charge in [-0.2, -0.15) is 4.72 Å². The van der Waals surface area contributed by atoms with Gasteiger partial charge in [-0.1, -0.05) is 0 Å². The summed E-state index contributed by atoms with van der Waals surface area (Å²) in [5, 5.41) is 2.00. The van der Waals surface area contributed by atoms with Gasteiger partial charge in [0.1, 0.15) is 11.8 Å². The first-order chi connectivity index (χ1) is 13.8. The first-order valence-corrected chi connectivity index (χ1v) is 11.3. The number of fused-ring (bicyclic) bond motifs is 1. The van der Waals surface area contributed by atoms with Gasteiger partial charge in [-0.15, -0.1) is 11.3 Å². The standard InChI is InChI=1S/C19H22N2O6S2/c1-13(20-29(24,25)16-5-3-15(26-2)4-6-16)19(23)27-12-18(22)21-9-7-17-14(11-21)8-10-28-17/h3-6,8,10,13,20H,7,9,11-12H2,1-2H3/t13-/m0/s1. The summed E-state index contributed by atoms with van der Waals surface area (Å²) >= 11 is 1.67. The maximum atomic E-state index is 12.4. The van der Waals surface area contributed by atoms with Gasteiger partial charge < -0.3 is 14.4 Å². The molecular formula is C19H22N2O6S2. The van der Waals surface area contributed by atoms with Gasteiger partial charge in [0.05, 0.1) is 12.0 Å². The number of nitrogens with one attached hydrogen (secondary N) is 1. The van der Waals surface area contributed by atoms with Crippen molar-refractivity contribution < 1.29 is 27.5 Å². The lowest BCUT2D eigenvalue weighted by Crippen LogP contribution is -2.42. The maximum absolute atomic E-state index is 12.4. The molecule has 0 saturated heterocycles. The Morgan fingerprint density at radius 3 is 2.66 bits per heavy atom. The first-order valence-electron chi connectivity index (χ1n) is 8.96. The second-order valence-electron chi connectivity index (χ2n) is 6.56. The highest BCUT2D eigenvalue weighted by molar-refractivity contribution is 7.89. The van der Waals surface area contributed by atoms with Crippen molar-refractivity contribution >= 4 is 33.2 Å². The highest BCUT2D eigenvalue weighted by Crippen LogP contribution is 2.24. The van der Waals surface area contributed by atoms with Crippen molar-refractivity contribution in [1.29, 1.82) is 0 Å². The molecule has 0 aliphatic carbocycles. The lowest BCUT2D eigenvalue weighted by atomic mass is 10.1. The fraction of sp³-hybridized carbons (Fsp3) is 0.368. The first kappa shape index (κ1) is 21.3. The highest BCUT2D eigenvalue weighted by Gasteiger charge is 2.26. The van der Waals surface area contributed by atoms with Crippen molar-refractivity contribution in [3.63, 3.8) is 0 Å². The number of sulfonamides is 1. The average Bonchev–Trinajstić information content (AvgIpc) is 3.19. The normalized spacial score (nSPS) is 14.8. The highest BCUT2D eigenvalue weighted by atomic mass is 32.2. The van der Waals surface area contributed by atoms with Crippen LogP contribution in [0.4, 0.5) is 0 Å². The Kier molecular flexibility index (Phi) is 6.56. The fourth-order valence-electron chi connectivity index (χ4n) is 2.91. The van der Waals surface area contributed by atoms with E-state index in [1.54, 1.807) is 16.2 Å². The summed E-state index contributed by atoms with van der Waals surface area (Å²) in [4.78, 5) is 27.4. The Morgan fingerprint density at radius 2 is 1.97 bits per heavy atom. The minimum atomic E-state index is -3.92. The zero-order valence-corrected chi connectivity index (χ0v) is 17.7. The summed E-state index contributed by atoms with van der Waals surface area (Å²) < 4.78 is 37.1. The van der Waals surface area contributed by atoms with Crippen LogP contribution in [0, 0.1) is 0 Å². The van der Waals surface area contributed by atoms with E-state index >= 15 is 0 Å². The molecule has 1 atom stereocenters. The summed E-state index contributed by atoms with van der Waals surface area (Å²) in [6.07, 6.45) is 0.782. The molecule has 2 aromatic rings. The van der Waals surface area contributed by atoms with Crippen LogP contribution in [0.1, 0.15) is 17.4 Å². The van der Waals surface area contributed by atoms with Crippen molar-refractivity contribution in [1.82, 2.24) is 9.62 Å². The van der Waals surface area contributed by atoms with E-state index < -0.39 is 28.6 Å². The molecule has 2 heterocycles. The van der Waals surface area contributed by atoms with E-state index in [1.165, 1.54) is 43.2 Å². The molecule has 1 N–H and O–H groups in total. The molecule has 8 nitrogen and oxygen atoms in total. The van der Waals surface area contributed by atoms with Gasteiger partial charge in [0.25, 0.3) is 5.91 Å². The third kappa shape index (κ3) is 5.14. The summed E-state index contributed by atoms with van der Waals surface area (Å²) in [7, 11) is -2.44. The Hall–Kier alpha value is -2.43. The largest absolute Gasteiger partial charge is 0.497 e. The van der Waals surface area contributed by atoms with E-state index in [2.05, 4.69) is 4.72 Å². The van der Waals surface area contributed by atoms with E-state index in [0.717, 1.165) is 12.0 Å². The Balaban J connectivity index is 1.51. The van der Waals surface area contributed by atoms with Crippen molar-refractivity contribution in [2.75, 3.05) is 20.3 Å². The summed E-state index contributed by atoms with van der Waals surface area (Å²) in [6.45, 7) is 2.01. The van der Waals surface area contributed by atoms with Crippen LogP contribution in [0.25, 0.3) is 0 Å². The number of thiophene rings is 1. The number of amides is 1. The molecule has 10 heteroatoms. The third-order valence-electron chi connectivity index (χ3n) is 4.55. The molecule has 0 unspecified atom stereocenters. The molecule has 1 aliphatic rings. The summed E-state index contributed by atoms with van der Waals surface area (Å²) in [5.41, 5.74) is 1.11. The van der Waals surface area contributed by atoms with Gasteiger partial charge in [-0.3, -0.25) is 9.59 Å². The van der Waals surface area contributed by atoms with Crippen molar-refractivity contribution in [2.45, 2.75) is 30.8 Å². The van der Waals surface area contributed by atoms with Gasteiger partial charge in [0, 0.05) is 18.0 Å². The van der Waals surface area contributed by atoms with Crippen LogP contribution in [0.2, 0.25) is 0 Å². The number of nitrogens with zero attached hydrogens (tertiary/aromatic N) is 1. The van der Waals surface area contributed by atoms with E-state index in [0.29, 0.717) is 18.8 Å². The smallest absolute Gasteiger partial charge is 0.324 e. The van der Waals surface area contributed by atoms with Crippen LogP contribution in [-0.4, -0.2) is 51.5 Å². The van der Waals surface area contributed by atoms with E-state index in [4.69, 9.17) is 9.47 Å². The predicted octanol–water partition coefficient (Wildman–Crippen LogP) is 1.55. The van der Waals surface area contributed by atoms with Crippen molar-refractivity contribution in [3.8, 4) is 5.75 Å². The van der Waals surface area contributed by atoms with Gasteiger partial charge in [-0.25, -0.2) is 8.42 Å². The third-order valence-corrected chi connectivity index (χ3v) is 7.13. The number of rotatable bonds is 7. The Bertz CT molecular complexity index is 984. The molecule has 3 rings (SSSR count). The van der Waals surface area contributed by atoms with Crippen LogP contribution in [0.5, 0.6) is 5.75 Å². The van der Waals surface area contributed by atoms with E-state index in [9.17, 15) is 18.0 Å².